The van der Waals surface area contributed by atoms with Gasteiger partial charge in [-0.15, -0.1) is 0 Å². The molecule has 1 fully saturated rings. The lowest BCUT2D eigenvalue weighted by Gasteiger charge is -2.26. The number of sulfonamides is 1. The summed E-state index contributed by atoms with van der Waals surface area (Å²) in [4.78, 5) is 24.5. The van der Waals surface area contributed by atoms with Crippen LogP contribution in [-0.4, -0.2) is 56.9 Å². The fourth-order valence-corrected chi connectivity index (χ4v) is 4.31. The molecule has 0 saturated carbocycles. The van der Waals surface area contributed by atoms with E-state index in [-0.39, 0.29) is 31.2 Å². The van der Waals surface area contributed by atoms with Crippen LogP contribution in [-0.2, 0) is 19.5 Å². The van der Waals surface area contributed by atoms with Crippen molar-refractivity contribution in [2.45, 2.75) is 17.9 Å². The Bertz CT molecular complexity index is 1000. The van der Waals surface area contributed by atoms with Crippen LogP contribution in [0.5, 0.6) is 0 Å². The Hall–Kier alpha value is -2.62. The van der Waals surface area contributed by atoms with E-state index in [1.54, 1.807) is 30.3 Å². The molecular weight excluding hydrogens is 401 g/mol. The van der Waals surface area contributed by atoms with Crippen molar-refractivity contribution in [2.75, 3.05) is 26.3 Å². The molecule has 1 aliphatic rings. The highest BCUT2D eigenvalue weighted by Crippen LogP contribution is 2.21. The number of carbonyl (C=O) groups excluding carboxylic acids is 2. The van der Waals surface area contributed by atoms with Crippen LogP contribution < -0.4 is 0 Å². The van der Waals surface area contributed by atoms with Crippen molar-refractivity contribution in [1.82, 2.24) is 4.31 Å². The normalized spacial score (nSPS) is 16.2. The molecule has 0 spiro atoms. The van der Waals surface area contributed by atoms with Gasteiger partial charge < -0.3 is 9.47 Å². The molecule has 3 rings (SSSR count). The van der Waals surface area contributed by atoms with Gasteiger partial charge in [0, 0.05) is 18.7 Å². The van der Waals surface area contributed by atoms with Gasteiger partial charge in [0.25, 0.3) is 0 Å². The van der Waals surface area contributed by atoms with Gasteiger partial charge in [0.05, 0.1) is 23.7 Å². The molecule has 29 heavy (non-hydrogen) atoms. The van der Waals surface area contributed by atoms with Crippen LogP contribution >= 0.6 is 0 Å². The first-order valence-corrected chi connectivity index (χ1v) is 10.4. The summed E-state index contributed by atoms with van der Waals surface area (Å²) in [5.74, 6) is -2.50. The number of hydrogen-bond acceptors (Lipinski definition) is 6. The lowest BCUT2D eigenvalue weighted by Crippen LogP contribution is -2.40. The van der Waals surface area contributed by atoms with Crippen molar-refractivity contribution in [3.63, 3.8) is 0 Å². The van der Waals surface area contributed by atoms with Gasteiger partial charge in [-0.1, -0.05) is 30.3 Å². The van der Waals surface area contributed by atoms with Gasteiger partial charge >= 0.3 is 5.97 Å². The number of carbonyl (C=O) groups is 2. The van der Waals surface area contributed by atoms with E-state index in [2.05, 4.69) is 0 Å². The number of benzene rings is 2. The average Bonchev–Trinajstić information content (AvgIpc) is 2.74. The van der Waals surface area contributed by atoms with Crippen molar-refractivity contribution in [2.24, 2.45) is 0 Å². The van der Waals surface area contributed by atoms with Crippen molar-refractivity contribution < 1.29 is 31.9 Å². The van der Waals surface area contributed by atoms with E-state index in [1.807, 2.05) is 0 Å². The maximum atomic E-state index is 14.2. The van der Waals surface area contributed by atoms with E-state index >= 15 is 0 Å². The fourth-order valence-electron chi connectivity index (χ4n) is 2.87. The zero-order valence-electron chi connectivity index (χ0n) is 15.7. The van der Waals surface area contributed by atoms with Crippen LogP contribution in [0.25, 0.3) is 0 Å². The first kappa shape index (κ1) is 21.1. The van der Waals surface area contributed by atoms with E-state index in [4.69, 9.17) is 9.47 Å². The summed E-state index contributed by atoms with van der Waals surface area (Å²) in [5, 5.41) is 0. The summed E-state index contributed by atoms with van der Waals surface area (Å²) in [6.45, 7) is 2.23. The molecule has 0 aromatic heterocycles. The van der Waals surface area contributed by atoms with Crippen molar-refractivity contribution >= 4 is 21.8 Å². The Kier molecular flexibility index (Phi) is 6.41. The predicted molar refractivity (Wildman–Crippen MR) is 102 cm³/mol. The quantitative estimate of drug-likeness (QED) is 0.525. The van der Waals surface area contributed by atoms with E-state index in [0.717, 1.165) is 18.2 Å². The number of nitrogens with zero attached hydrogens (tertiary/aromatic N) is 1. The second kappa shape index (κ2) is 8.81. The molecule has 9 heteroatoms. The minimum Gasteiger partial charge on any atom is -0.451 e. The summed E-state index contributed by atoms with van der Waals surface area (Å²) >= 11 is 0. The number of Topliss-reactive ketones (excluding diaryl/α,β-unsaturated/α-hetero) is 1. The lowest BCUT2D eigenvalue weighted by atomic mass is 10.1. The van der Waals surface area contributed by atoms with Crippen LogP contribution in [0, 0.1) is 5.82 Å². The molecule has 0 N–H and O–H groups in total. The molecule has 7 nitrogen and oxygen atoms in total. The Morgan fingerprint density at radius 2 is 1.76 bits per heavy atom. The first-order valence-electron chi connectivity index (χ1n) is 8.98. The molecule has 0 unspecified atom stereocenters. The molecule has 2 aromatic carbocycles. The smallest absolute Gasteiger partial charge is 0.341 e. The third kappa shape index (κ3) is 4.69. The van der Waals surface area contributed by atoms with Gasteiger partial charge in [-0.3, -0.25) is 4.79 Å². The molecule has 0 amide bonds. The molecule has 1 heterocycles. The number of rotatable bonds is 6. The van der Waals surface area contributed by atoms with Crippen LogP contribution in [0.15, 0.2) is 53.4 Å². The summed E-state index contributed by atoms with van der Waals surface area (Å²) < 4.78 is 51.1. The van der Waals surface area contributed by atoms with Gasteiger partial charge in [-0.2, -0.15) is 4.31 Å². The number of ether oxygens (including phenoxy) is 2. The molecule has 1 aliphatic heterocycles. The molecule has 2 aromatic rings. The summed E-state index contributed by atoms with van der Waals surface area (Å²) in [6, 6.07) is 11.1. The van der Waals surface area contributed by atoms with Gasteiger partial charge in [0.2, 0.25) is 15.8 Å². The Labute approximate surface area is 168 Å². The van der Waals surface area contributed by atoms with Gasteiger partial charge in [-0.05, 0) is 25.1 Å². The molecule has 1 atom stereocenters. The number of ketones is 1. The standard InChI is InChI=1S/C20H20FNO6S/c1-14(19(23)15-5-3-2-4-6-15)28-20(24)17-13-16(7-8-18(17)21)29(25,26)22-9-11-27-12-10-22/h2-8,13-14H,9-12H2,1H3/t14-/m1/s1. The van der Waals surface area contributed by atoms with Gasteiger partial charge in [0.1, 0.15) is 5.82 Å². The number of halogens is 1. The second-order valence-corrected chi connectivity index (χ2v) is 8.37. The third-order valence-electron chi connectivity index (χ3n) is 4.48. The minimum absolute atomic E-state index is 0.169. The fraction of sp³-hybridized carbons (Fsp3) is 0.300. The molecule has 0 aliphatic carbocycles. The Balaban J connectivity index is 1.80. The minimum atomic E-state index is -3.91. The van der Waals surface area contributed by atoms with Crippen LogP contribution in [0.3, 0.4) is 0 Å². The van der Waals surface area contributed by atoms with E-state index in [0.29, 0.717) is 5.56 Å². The highest BCUT2D eigenvalue weighted by molar-refractivity contribution is 7.89. The average molecular weight is 421 g/mol. The Morgan fingerprint density at radius 1 is 1.10 bits per heavy atom. The third-order valence-corrected chi connectivity index (χ3v) is 6.37. The second-order valence-electron chi connectivity index (χ2n) is 6.44. The zero-order chi connectivity index (χ0) is 21.0. The summed E-state index contributed by atoms with van der Waals surface area (Å²) in [7, 11) is -3.91. The largest absolute Gasteiger partial charge is 0.451 e. The maximum absolute atomic E-state index is 14.2. The maximum Gasteiger partial charge on any atom is 0.341 e. The van der Waals surface area contributed by atoms with Crippen LogP contribution in [0.4, 0.5) is 4.39 Å². The van der Waals surface area contributed by atoms with Gasteiger partial charge in [-0.25, -0.2) is 17.6 Å². The summed E-state index contributed by atoms with van der Waals surface area (Å²) in [5.41, 5.74) is -0.205. The van der Waals surface area contributed by atoms with Crippen LogP contribution in [0.2, 0.25) is 0 Å². The number of hydrogen-bond donors (Lipinski definition) is 0. The summed E-state index contributed by atoms with van der Waals surface area (Å²) in [6.07, 6.45) is -1.16. The highest BCUT2D eigenvalue weighted by atomic mass is 32.2. The molecule has 154 valence electrons. The van der Waals surface area contributed by atoms with E-state index in [9.17, 15) is 22.4 Å². The molecule has 0 radical (unpaired) electrons. The SMILES string of the molecule is C[C@@H](OC(=O)c1cc(S(=O)(=O)N2CCOCC2)ccc1F)C(=O)c1ccccc1. The van der Waals surface area contributed by atoms with Crippen molar-refractivity contribution in [3.8, 4) is 0 Å². The molecule has 0 bridgehead atoms. The van der Waals surface area contributed by atoms with Crippen molar-refractivity contribution in [3.05, 3.63) is 65.5 Å². The highest BCUT2D eigenvalue weighted by Gasteiger charge is 2.29. The first-order chi connectivity index (χ1) is 13.8. The van der Waals surface area contributed by atoms with Gasteiger partial charge in [0.15, 0.2) is 6.10 Å². The van der Waals surface area contributed by atoms with E-state index in [1.165, 1.54) is 11.2 Å². The topological polar surface area (TPSA) is 90.0 Å². The predicted octanol–water partition coefficient (Wildman–Crippen LogP) is 2.27. The lowest BCUT2D eigenvalue weighted by molar-refractivity contribution is 0.0314. The van der Waals surface area contributed by atoms with Crippen molar-refractivity contribution in [1.29, 1.82) is 0 Å². The molecule has 1 saturated heterocycles. The monoisotopic (exact) mass is 421 g/mol. The zero-order valence-corrected chi connectivity index (χ0v) is 16.5. The van der Waals surface area contributed by atoms with Crippen LogP contribution in [0.1, 0.15) is 27.6 Å². The molecular formula is C20H20FNO6S. The number of morpholine rings is 1. The van der Waals surface area contributed by atoms with E-state index < -0.39 is 39.3 Å². The Morgan fingerprint density at radius 3 is 2.41 bits per heavy atom. The number of esters is 1.